The van der Waals surface area contributed by atoms with E-state index >= 15 is 0 Å². The third-order valence-corrected chi connectivity index (χ3v) is 14.2. The molecule has 0 bridgehead atoms. The molecule has 1 aromatic heterocycles. The molecule has 250 valence electrons. The number of aromatic nitrogens is 1. The fourth-order valence-corrected chi connectivity index (χ4v) is 12.4. The lowest BCUT2D eigenvalue weighted by Gasteiger charge is -2.64. The third kappa shape index (κ3) is 3.58. The molecule has 2 aliphatic heterocycles. The standard InChI is InChI=1S/C40H49NO6/c1-19(2)31-34(46)29-28-21(24-18-36(3,4)47-37(5,6)30(24)33(28)45)17-22-23-16-20-10-11-25-38(7,14-13-27(43)44)26(42)12-15-39(25,8)40(20,9)35(23)41(31)32(22)29/h13-14,17-18,20,25-26,30-31,33,42,45H,1,10-12,15-16H2,2-9H3,(H,43,44)/b14-13+/t20?,25-,26-,30?,31-,33+,38-,39-,40+/m0/s1. The maximum atomic E-state index is 14.8. The molecule has 7 nitrogen and oxygen atoms in total. The van der Waals surface area contributed by atoms with Crippen molar-refractivity contribution in [3.63, 3.8) is 0 Å². The summed E-state index contributed by atoms with van der Waals surface area (Å²) in [5.74, 6) is -0.875. The van der Waals surface area contributed by atoms with Crippen LogP contribution in [0.25, 0.3) is 16.5 Å². The lowest BCUT2D eigenvalue weighted by atomic mass is 9.40. The SMILES string of the molecule is C=C(C)[C@H]1C(=O)c2c3c(cc4c5c(n1c24)[C@@]1(C)C(CC[C@H]2[C@](C)(/C=C/C(=O)O)[C@@H](O)CC[C@@]21C)C5)C1=CC(C)(C)OC(C)(C)C1[C@@H]3O. The number of rotatable bonds is 3. The van der Waals surface area contributed by atoms with E-state index in [9.17, 15) is 24.9 Å². The average Bonchev–Trinajstić information content (AvgIpc) is 3.62. The van der Waals surface area contributed by atoms with Gasteiger partial charge in [0, 0.05) is 39.5 Å². The quantitative estimate of drug-likeness (QED) is 0.241. The van der Waals surface area contributed by atoms with Crippen LogP contribution in [0.4, 0.5) is 0 Å². The fraction of sp³-hybridized carbons (Fsp3) is 0.600. The Morgan fingerprint density at radius 2 is 1.79 bits per heavy atom. The number of aliphatic hydroxyl groups excluding tert-OH is 2. The van der Waals surface area contributed by atoms with Crippen molar-refractivity contribution in [2.24, 2.45) is 28.6 Å². The first-order valence-corrected chi connectivity index (χ1v) is 17.5. The molecule has 2 aromatic rings. The first kappa shape index (κ1) is 31.3. The Bertz CT molecular complexity index is 1890. The first-order valence-electron chi connectivity index (χ1n) is 17.5. The zero-order chi connectivity index (χ0) is 34.0. The summed E-state index contributed by atoms with van der Waals surface area (Å²) in [6.45, 7) is 21.3. The second-order valence-electron chi connectivity index (χ2n) is 17.5. The summed E-state index contributed by atoms with van der Waals surface area (Å²) in [6, 6.07) is 1.72. The number of nitrogens with zero attached hydrogens (tertiary/aromatic N) is 1. The molecule has 2 unspecified atom stereocenters. The van der Waals surface area contributed by atoms with Crippen LogP contribution < -0.4 is 0 Å². The highest BCUT2D eigenvalue weighted by Gasteiger charge is 2.67. The van der Waals surface area contributed by atoms with Gasteiger partial charge in [-0.2, -0.15) is 0 Å². The predicted octanol–water partition coefficient (Wildman–Crippen LogP) is 7.24. The maximum Gasteiger partial charge on any atom is 0.327 e. The lowest BCUT2D eigenvalue weighted by molar-refractivity contribution is -0.145. The van der Waals surface area contributed by atoms with Crippen molar-refractivity contribution in [3.8, 4) is 0 Å². The minimum atomic E-state index is -1.00. The third-order valence-electron chi connectivity index (χ3n) is 14.2. The molecule has 0 saturated heterocycles. The van der Waals surface area contributed by atoms with E-state index in [1.165, 1.54) is 17.3 Å². The van der Waals surface area contributed by atoms with Crippen molar-refractivity contribution in [2.75, 3.05) is 0 Å². The van der Waals surface area contributed by atoms with Crippen LogP contribution in [-0.2, 0) is 21.4 Å². The van der Waals surface area contributed by atoms with Gasteiger partial charge in [-0.1, -0.05) is 39.0 Å². The van der Waals surface area contributed by atoms with E-state index in [0.717, 1.165) is 58.9 Å². The summed E-state index contributed by atoms with van der Waals surface area (Å²) in [5.41, 5.74) is 5.20. The van der Waals surface area contributed by atoms with Gasteiger partial charge in [0.25, 0.3) is 0 Å². The zero-order valence-corrected chi connectivity index (χ0v) is 29.0. The van der Waals surface area contributed by atoms with E-state index in [2.05, 4.69) is 51.0 Å². The number of carboxylic acids is 1. The van der Waals surface area contributed by atoms with E-state index in [4.69, 9.17) is 4.74 Å². The van der Waals surface area contributed by atoms with E-state index in [1.54, 1.807) is 6.08 Å². The maximum absolute atomic E-state index is 14.8. The summed E-state index contributed by atoms with van der Waals surface area (Å²) in [4.78, 5) is 26.4. The number of benzene rings is 1. The van der Waals surface area contributed by atoms with Crippen molar-refractivity contribution >= 4 is 28.2 Å². The van der Waals surface area contributed by atoms with Crippen LogP contribution in [0, 0.1) is 28.6 Å². The zero-order valence-electron chi connectivity index (χ0n) is 29.0. The normalized spacial score (nSPS) is 40.6. The van der Waals surface area contributed by atoms with Crippen molar-refractivity contribution in [1.82, 2.24) is 4.57 Å². The number of ketones is 1. The number of carboxylic acid groups (broad SMARTS) is 1. The molecule has 8 rings (SSSR count). The van der Waals surface area contributed by atoms with Gasteiger partial charge in [-0.05, 0) is 113 Å². The van der Waals surface area contributed by atoms with Crippen LogP contribution >= 0.6 is 0 Å². The number of carbonyl (C=O) groups excluding carboxylic acids is 1. The number of hydrogen-bond acceptors (Lipinski definition) is 5. The van der Waals surface area contributed by atoms with Gasteiger partial charge in [-0.25, -0.2) is 4.79 Å². The summed E-state index contributed by atoms with van der Waals surface area (Å²) in [6.07, 6.45) is 7.79. The molecule has 7 heteroatoms. The number of Topliss-reactive ketones (excluding diaryl/α,β-unsaturated/α-hetero) is 1. The Balaban J connectivity index is 1.41. The van der Waals surface area contributed by atoms with E-state index in [-0.39, 0.29) is 28.4 Å². The molecular weight excluding hydrogens is 590 g/mol. The molecule has 0 radical (unpaired) electrons. The Kier molecular flexibility index (Phi) is 6.10. The van der Waals surface area contributed by atoms with Crippen LogP contribution in [-0.4, -0.2) is 48.9 Å². The molecule has 4 aliphatic carbocycles. The van der Waals surface area contributed by atoms with Gasteiger partial charge in [0.1, 0.15) is 6.04 Å². The Morgan fingerprint density at radius 1 is 1.09 bits per heavy atom. The van der Waals surface area contributed by atoms with Crippen molar-refractivity contribution < 1.29 is 29.6 Å². The number of allylic oxidation sites excluding steroid dienone is 1. The van der Waals surface area contributed by atoms with Crippen LogP contribution in [0.3, 0.4) is 0 Å². The van der Waals surface area contributed by atoms with Crippen LogP contribution in [0.1, 0.15) is 126 Å². The Hall–Kier alpha value is -3.00. The van der Waals surface area contributed by atoms with Crippen molar-refractivity contribution in [2.45, 2.75) is 122 Å². The predicted molar refractivity (Wildman–Crippen MR) is 181 cm³/mol. The smallest absolute Gasteiger partial charge is 0.327 e. The highest BCUT2D eigenvalue weighted by atomic mass is 16.5. The number of aliphatic carboxylic acids is 1. The molecule has 3 heterocycles. The van der Waals surface area contributed by atoms with Crippen LogP contribution in [0.5, 0.6) is 0 Å². The molecule has 9 atom stereocenters. The molecule has 2 saturated carbocycles. The number of fused-ring (bicyclic) bond motifs is 11. The highest BCUT2D eigenvalue weighted by molar-refractivity contribution is 6.18. The molecule has 6 aliphatic rings. The molecule has 1 aromatic carbocycles. The number of carbonyl (C=O) groups is 2. The lowest BCUT2D eigenvalue weighted by Crippen LogP contribution is -2.62. The topological polar surface area (TPSA) is 109 Å². The van der Waals surface area contributed by atoms with E-state index in [1.807, 2.05) is 27.7 Å². The summed E-state index contributed by atoms with van der Waals surface area (Å²) < 4.78 is 8.81. The van der Waals surface area contributed by atoms with Gasteiger partial charge < -0.3 is 24.6 Å². The molecule has 47 heavy (non-hydrogen) atoms. The van der Waals surface area contributed by atoms with Crippen molar-refractivity contribution in [1.29, 1.82) is 0 Å². The van der Waals surface area contributed by atoms with Gasteiger partial charge in [0.15, 0.2) is 5.78 Å². The summed E-state index contributed by atoms with van der Waals surface area (Å²) >= 11 is 0. The Labute approximate surface area is 277 Å². The largest absolute Gasteiger partial charge is 0.478 e. The van der Waals surface area contributed by atoms with Gasteiger partial charge in [0.2, 0.25) is 0 Å². The molecule has 3 N–H and O–H groups in total. The number of ether oxygens (including phenoxy) is 1. The number of hydrogen-bond donors (Lipinski definition) is 3. The second kappa shape index (κ2) is 9.16. The molecule has 0 spiro atoms. The van der Waals surface area contributed by atoms with Gasteiger partial charge in [0.05, 0.1) is 34.5 Å². The highest BCUT2D eigenvalue weighted by Crippen LogP contribution is 2.71. The second-order valence-corrected chi connectivity index (χ2v) is 17.5. The monoisotopic (exact) mass is 639 g/mol. The molecule has 2 fully saturated rings. The van der Waals surface area contributed by atoms with Crippen LogP contribution in [0.15, 0.2) is 36.4 Å². The minimum Gasteiger partial charge on any atom is -0.478 e. The fourth-order valence-electron chi connectivity index (χ4n) is 12.4. The first-order chi connectivity index (χ1) is 21.8. The molecule has 0 amide bonds. The summed E-state index contributed by atoms with van der Waals surface area (Å²) in [5, 5.41) is 34.2. The van der Waals surface area contributed by atoms with Gasteiger partial charge in [-0.3, -0.25) is 4.79 Å². The molecular formula is C40H49NO6. The average molecular weight is 640 g/mol. The minimum absolute atomic E-state index is 0.00582. The van der Waals surface area contributed by atoms with Crippen molar-refractivity contribution in [3.05, 3.63) is 64.4 Å². The van der Waals surface area contributed by atoms with Gasteiger partial charge in [-0.15, -0.1) is 0 Å². The van der Waals surface area contributed by atoms with E-state index < -0.39 is 40.8 Å². The number of aliphatic hydroxyl groups is 2. The Morgan fingerprint density at radius 3 is 2.45 bits per heavy atom. The van der Waals surface area contributed by atoms with E-state index in [0.29, 0.717) is 17.9 Å². The summed E-state index contributed by atoms with van der Waals surface area (Å²) in [7, 11) is 0. The van der Waals surface area contributed by atoms with Crippen LogP contribution in [0.2, 0.25) is 0 Å². The van der Waals surface area contributed by atoms with Gasteiger partial charge >= 0.3 is 5.97 Å².